The average molecular weight is 462 g/mol. The highest BCUT2D eigenvalue weighted by Crippen LogP contribution is 2.35. The van der Waals surface area contributed by atoms with Gasteiger partial charge in [-0.2, -0.15) is 0 Å². The van der Waals surface area contributed by atoms with Gasteiger partial charge in [-0.25, -0.2) is 0 Å². The van der Waals surface area contributed by atoms with E-state index in [0.717, 1.165) is 12.1 Å². The van der Waals surface area contributed by atoms with Crippen LogP contribution >= 0.6 is 0 Å². The van der Waals surface area contributed by atoms with Crippen molar-refractivity contribution >= 4 is 11.0 Å². The Bertz CT molecular complexity index is 1220. The predicted octanol–water partition coefficient (Wildman–Crippen LogP) is 0.0585. The fourth-order valence-electron chi connectivity index (χ4n) is 3.60. The lowest BCUT2D eigenvalue weighted by Crippen LogP contribution is -2.60. The van der Waals surface area contributed by atoms with E-state index >= 15 is 0 Å². The molecule has 1 aromatic heterocycles. The van der Waals surface area contributed by atoms with Crippen LogP contribution in [-0.2, 0) is 4.74 Å². The molecule has 0 spiro atoms. The Morgan fingerprint density at radius 1 is 0.970 bits per heavy atom. The molecule has 2 aromatic carbocycles. The first kappa shape index (κ1) is 22.8. The van der Waals surface area contributed by atoms with E-state index in [4.69, 9.17) is 18.6 Å². The SMILES string of the molecule is COc1ccc(-c2cc(=O)c3c(O)cc(O[C@@H]4OC(CO)[C@@H](O)[C@H](O)C4O)cc3o2)cc1O. The third kappa shape index (κ3) is 4.19. The van der Waals surface area contributed by atoms with E-state index < -0.39 is 48.5 Å². The van der Waals surface area contributed by atoms with Gasteiger partial charge in [0.1, 0.15) is 52.6 Å². The Morgan fingerprint density at radius 2 is 1.73 bits per heavy atom. The molecule has 11 heteroatoms. The highest BCUT2D eigenvalue weighted by Gasteiger charge is 2.44. The van der Waals surface area contributed by atoms with Crippen LogP contribution in [0.4, 0.5) is 0 Å². The number of hydrogen-bond acceptors (Lipinski definition) is 11. The molecule has 176 valence electrons. The molecule has 6 N–H and O–H groups in total. The lowest BCUT2D eigenvalue weighted by Gasteiger charge is -2.39. The molecule has 0 aliphatic carbocycles. The molecule has 1 aliphatic heterocycles. The molecular weight excluding hydrogens is 440 g/mol. The Kier molecular flexibility index (Phi) is 6.15. The smallest absolute Gasteiger partial charge is 0.229 e. The minimum absolute atomic E-state index is 0.0626. The quantitative estimate of drug-likeness (QED) is 0.302. The minimum Gasteiger partial charge on any atom is -0.507 e. The molecule has 0 amide bonds. The summed E-state index contributed by atoms with van der Waals surface area (Å²) >= 11 is 0. The Morgan fingerprint density at radius 3 is 2.39 bits per heavy atom. The summed E-state index contributed by atoms with van der Waals surface area (Å²) in [5.41, 5.74) is -0.252. The van der Waals surface area contributed by atoms with Gasteiger partial charge in [-0.05, 0) is 18.2 Å². The Labute approximate surface area is 186 Å². The van der Waals surface area contributed by atoms with Crippen LogP contribution in [0, 0.1) is 0 Å². The molecule has 5 atom stereocenters. The number of aliphatic hydroxyl groups excluding tert-OH is 4. The van der Waals surface area contributed by atoms with E-state index in [1.165, 1.54) is 25.3 Å². The molecule has 33 heavy (non-hydrogen) atoms. The largest absolute Gasteiger partial charge is 0.507 e. The van der Waals surface area contributed by atoms with E-state index in [9.17, 15) is 35.4 Å². The molecule has 11 nitrogen and oxygen atoms in total. The van der Waals surface area contributed by atoms with E-state index in [0.29, 0.717) is 5.56 Å². The van der Waals surface area contributed by atoms with Crippen molar-refractivity contribution in [2.75, 3.05) is 13.7 Å². The van der Waals surface area contributed by atoms with Gasteiger partial charge in [-0.1, -0.05) is 0 Å². The molecule has 0 radical (unpaired) electrons. The highest BCUT2D eigenvalue weighted by atomic mass is 16.7. The van der Waals surface area contributed by atoms with Crippen molar-refractivity contribution < 1.29 is 49.3 Å². The van der Waals surface area contributed by atoms with Crippen molar-refractivity contribution in [3.8, 4) is 34.3 Å². The van der Waals surface area contributed by atoms with Crippen molar-refractivity contribution in [3.63, 3.8) is 0 Å². The molecule has 3 aromatic rings. The zero-order valence-electron chi connectivity index (χ0n) is 17.3. The zero-order chi connectivity index (χ0) is 23.9. The number of benzene rings is 2. The van der Waals surface area contributed by atoms with E-state index in [1.807, 2.05) is 0 Å². The van der Waals surface area contributed by atoms with Crippen LogP contribution in [-0.4, -0.2) is 75.1 Å². The number of hydrogen-bond donors (Lipinski definition) is 6. The molecule has 2 unspecified atom stereocenters. The number of ether oxygens (including phenoxy) is 3. The minimum atomic E-state index is -1.67. The molecule has 4 rings (SSSR count). The van der Waals surface area contributed by atoms with Gasteiger partial charge in [0.05, 0.1) is 13.7 Å². The lowest BCUT2D eigenvalue weighted by molar-refractivity contribution is -0.277. The number of phenolic OH excluding ortho intramolecular Hbond substituents is 2. The van der Waals surface area contributed by atoms with Crippen LogP contribution in [0.3, 0.4) is 0 Å². The predicted molar refractivity (Wildman–Crippen MR) is 112 cm³/mol. The van der Waals surface area contributed by atoms with Crippen LogP contribution in [0.2, 0.25) is 0 Å². The first-order valence-corrected chi connectivity index (χ1v) is 9.89. The molecule has 1 saturated heterocycles. The van der Waals surface area contributed by atoms with Crippen molar-refractivity contribution in [1.82, 2.24) is 0 Å². The van der Waals surface area contributed by atoms with Crippen LogP contribution in [0.25, 0.3) is 22.3 Å². The monoisotopic (exact) mass is 462 g/mol. The van der Waals surface area contributed by atoms with E-state index in [-0.39, 0.29) is 34.0 Å². The second-order valence-corrected chi connectivity index (χ2v) is 7.49. The Hall–Kier alpha value is -3.35. The fraction of sp³-hybridized carbons (Fsp3) is 0.318. The van der Waals surface area contributed by atoms with E-state index in [2.05, 4.69) is 0 Å². The zero-order valence-corrected chi connectivity index (χ0v) is 17.3. The summed E-state index contributed by atoms with van der Waals surface area (Å²) in [7, 11) is 1.39. The number of aromatic hydroxyl groups is 2. The number of aliphatic hydroxyl groups is 4. The summed E-state index contributed by atoms with van der Waals surface area (Å²) in [6.45, 7) is -0.638. The van der Waals surface area contributed by atoms with E-state index in [1.54, 1.807) is 6.07 Å². The number of methoxy groups -OCH3 is 1. The van der Waals surface area contributed by atoms with Crippen LogP contribution in [0.15, 0.2) is 45.6 Å². The second kappa shape index (κ2) is 8.89. The maximum atomic E-state index is 12.6. The van der Waals surface area contributed by atoms with Gasteiger partial charge < -0.3 is 49.3 Å². The van der Waals surface area contributed by atoms with Gasteiger partial charge in [0.25, 0.3) is 0 Å². The molecular formula is C22H22O11. The normalized spacial score (nSPS) is 25.2. The molecule has 2 heterocycles. The summed E-state index contributed by atoms with van der Waals surface area (Å²) in [6.07, 6.45) is -7.56. The van der Waals surface area contributed by atoms with Gasteiger partial charge in [-0.3, -0.25) is 4.79 Å². The van der Waals surface area contributed by atoms with Gasteiger partial charge in [0.15, 0.2) is 16.9 Å². The standard InChI is InChI=1S/C22H22O11/c1-30-14-3-2-9(4-11(14)24)15-7-13(26)18-12(25)5-10(6-16(18)32-15)31-22-21(29)20(28)19(27)17(8-23)33-22/h2-7,17,19-25,27-29H,8H2,1H3/t17?,19-,20+,21?,22-/m1/s1. The topological polar surface area (TPSA) is 179 Å². The van der Waals surface area contributed by atoms with Gasteiger partial charge in [0.2, 0.25) is 6.29 Å². The summed E-state index contributed by atoms with van der Waals surface area (Å²) in [5.74, 6) is -0.392. The first-order valence-electron chi connectivity index (χ1n) is 9.89. The maximum Gasteiger partial charge on any atom is 0.229 e. The average Bonchev–Trinajstić information content (AvgIpc) is 2.78. The molecule has 1 fully saturated rings. The van der Waals surface area contributed by atoms with Crippen LogP contribution in [0.5, 0.6) is 23.0 Å². The Balaban J connectivity index is 1.71. The van der Waals surface area contributed by atoms with Gasteiger partial charge in [-0.15, -0.1) is 0 Å². The van der Waals surface area contributed by atoms with Crippen LogP contribution < -0.4 is 14.9 Å². The summed E-state index contributed by atoms with van der Waals surface area (Å²) in [5, 5.41) is 59.5. The number of fused-ring (bicyclic) bond motifs is 1. The first-order chi connectivity index (χ1) is 15.7. The second-order valence-electron chi connectivity index (χ2n) is 7.49. The van der Waals surface area contributed by atoms with Crippen LogP contribution in [0.1, 0.15) is 0 Å². The van der Waals surface area contributed by atoms with Crippen molar-refractivity contribution in [2.24, 2.45) is 0 Å². The van der Waals surface area contributed by atoms with Gasteiger partial charge in [0, 0.05) is 23.8 Å². The highest BCUT2D eigenvalue weighted by molar-refractivity contribution is 5.86. The summed E-state index contributed by atoms with van der Waals surface area (Å²) in [6, 6.07) is 7.92. The summed E-state index contributed by atoms with van der Waals surface area (Å²) in [4.78, 5) is 12.6. The third-order valence-corrected chi connectivity index (χ3v) is 5.35. The number of phenols is 2. The van der Waals surface area contributed by atoms with Crippen molar-refractivity contribution in [2.45, 2.75) is 30.7 Å². The van der Waals surface area contributed by atoms with Crippen molar-refractivity contribution in [1.29, 1.82) is 0 Å². The molecule has 0 bridgehead atoms. The fourth-order valence-corrected chi connectivity index (χ4v) is 3.60. The third-order valence-electron chi connectivity index (χ3n) is 5.35. The summed E-state index contributed by atoms with van der Waals surface area (Å²) < 4.78 is 21.6. The van der Waals surface area contributed by atoms with Gasteiger partial charge >= 0.3 is 0 Å². The molecule has 0 saturated carbocycles. The lowest BCUT2D eigenvalue weighted by atomic mass is 9.99. The van der Waals surface area contributed by atoms with Crippen molar-refractivity contribution in [3.05, 3.63) is 46.6 Å². The maximum absolute atomic E-state index is 12.6. The number of rotatable bonds is 5. The molecule has 1 aliphatic rings.